The zero-order valence-corrected chi connectivity index (χ0v) is 7.80. The summed E-state index contributed by atoms with van der Waals surface area (Å²) in [6.07, 6.45) is 0. The van der Waals surface area contributed by atoms with Crippen molar-refractivity contribution in [2.45, 2.75) is 0 Å². The first-order chi connectivity index (χ1) is 7.11. The molecule has 0 saturated heterocycles. The van der Waals surface area contributed by atoms with E-state index in [1.807, 2.05) is 0 Å². The third-order valence-electron chi connectivity index (χ3n) is 2.07. The Labute approximate surface area is 83.7 Å². The smallest absolute Gasteiger partial charge is 0.354 e. The van der Waals surface area contributed by atoms with Crippen LogP contribution in [-0.4, -0.2) is 18.1 Å². The van der Waals surface area contributed by atoms with Gasteiger partial charge in [0.1, 0.15) is 5.69 Å². The van der Waals surface area contributed by atoms with Crippen LogP contribution in [-0.2, 0) is 4.74 Å². The quantitative estimate of drug-likeness (QED) is 0.735. The maximum atomic E-state index is 12.8. The fraction of sp³-hybridized carbons (Fsp3) is 0.100. The van der Waals surface area contributed by atoms with Crippen molar-refractivity contribution in [1.29, 1.82) is 0 Å². The van der Waals surface area contributed by atoms with Crippen LogP contribution >= 0.6 is 0 Å². The Morgan fingerprint density at radius 3 is 2.60 bits per heavy atom. The van der Waals surface area contributed by atoms with E-state index in [1.54, 1.807) is 0 Å². The molecule has 0 atom stereocenters. The number of hydrogen-bond donors (Lipinski definition) is 1. The summed E-state index contributed by atoms with van der Waals surface area (Å²) in [5.41, 5.74) is 0.520. The molecule has 0 aliphatic rings. The van der Waals surface area contributed by atoms with Crippen LogP contribution in [0.1, 0.15) is 10.5 Å². The topological polar surface area (TPSA) is 42.1 Å². The second kappa shape index (κ2) is 3.34. The van der Waals surface area contributed by atoms with Crippen LogP contribution in [0.4, 0.5) is 8.78 Å². The fourth-order valence-corrected chi connectivity index (χ4v) is 1.35. The molecule has 2 aromatic rings. The molecule has 0 unspecified atom stereocenters. The maximum absolute atomic E-state index is 12.8. The lowest BCUT2D eigenvalue weighted by atomic mass is 10.2. The van der Waals surface area contributed by atoms with Crippen molar-refractivity contribution in [2.24, 2.45) is 0 Å². The van der Waals surface area contributed by atoms with Gasteiger partial charge >= 0.3 is 5.97 Å². The molecule has 5 heteroatoms. The summed E-state index contributed by atoms with van der Waals surface area (Å²) in [6, 6.07) is 3.42. The fourth-order valence-electron chi connectivity index (χ4n) is 1.35. The highest BCUT2D eigenvalue weighted by molar-refractivity contribution is 5.94. The van der Waals surface area contributed by atoms with E-state index < -0.39 is 17.6 Å². The molecule has 0 radical (unpaired) electrons. The number of nitrogens with one attached hydrogen (secondary N) is 1. The largest absolute Gasteiger partial charge is 0.464 e. The van der Waals surface area contributed by atoms with Crippen molar-refractivity contribution in [2.75, 3.05) is 7.11 Å². The Bertz CT molecular complexity index is 494. The Hall–Kier alpha value is -1.91. The SMILES string of the molecule is COC(=O)c1cc2cc(F)c(F)cc2[nH]1. The lowest BCUT2D eigenvalue weighted by Gasteiger charge is -1.92. The van der Waals surface area contributed by atoms with Crippen molar-refractivity contribution in [3.63, 3.8) is 0 Å². The lowest BCUT2D eigenvalue weighted by Crippen LogP contribution is -2.00. The van der Waals surface area contributed by atoms with Gasteiger partial charge < -0.3 is 9.72 Å². The average molecular weight is 211 g/mol. The number of methoxy groups -OCH3 is 1. The molecule has 0 bridgehead atoms. The van der Waals surface area contributed by atoms with Crippen LogP contribution in [0.2, 0.25) is 0 Å². The van der Waals surface area contributed by atoms with Crippen LogP contribution < -0.4 is 0 Å². The van der Waals surface area contributed by atoms with Crippen molar-refractivity contribution >= 4 is 16.9 Å². The van der Waals surface area contributed by atoms with E-state index in [9.17, 15) is 13.6 Å². The van der Waals surface area contributed by atoms with Gasteiger partial charge in [-0.1, -0.05) is 0 Å². The second-order valence-corrected chi connectivity index (χ2v) is 3.03. The molecule has 15 heavy (non-hydrogen) atoms. The standard InChI is InChI=1S/C10H7F2NO2/c1-15-10(14)9-3-5-2-6(11)7(12)4-8(5)13-9/h2-4,13H,1H3. The van der Waals surface area contributed by atoms with E-state index in [4.69, 9.17) is 0 Å². The highest BCUT2D eigenvalue weighted by atomic mass is 19.2. The van der Waals surface area contributed by atoms with E-state index in [0.29, 0.717) is 10.9 Å². The molecule has 3 nitrogen and oxygen atoms in total. The molecule has 0 amide bonds. The number of hydrogen-bond acceptors (Lipinski definition) is 2. The van der Waals surface area contributed by atoms with Crippen molar-refractivity contribution < 1.29 is 18.3 Å². The molecule has 1 aromatic heterocycles. The average Bonchev–Trinajstić information content (AvgIpc) is 2.60. The van der Waals surface area contributed by atoms with Gasteiger partial charge in [0.2, 0.25) is 0 Å². The number of carbonyl (C=O) groups excluding carboxylic acids is 1. The Kier molecular flexibility index (Phi) is 2.15. The van der Waals surface area contributed by atoms with E-state index in [0.717, 1.165) is 12.1 Å². The summed E-state index contributed by atoms with van der Waals surface area (Å²) < 4.78 is 30.1. The number of esters is 1. The maximum Gasteiger partial charge on any atom is 0.354 e. The molecule has 0 spiro atoms. The van der Waals surface area contributed by atoms with Gasteiger partial charge in [0, 0.05) is 17.0 Å². The van der Waals surface area contributed by atoms with Crippen LogP contribution in [0.15, 0.2) is 18.2 Å². The molecule has 0 fully saturated rings. The van der Waals surface area contributed by atoms with Crippen molar-refractivity contribution in [3.05, 3.63) is 35.5 Å². The highest BCUT2D eigenvalue weighted by Crippen LogP contribution is 2.19. The molecule has 0 aliphatic carbocycles. The van der Waals surface area contributed by atoms with E-state index in [2.05, 4.69) is 9.72 Å². The lowest BCUT2D eigenvalue weighted by molar-refractivity contribution is 0.0595. The molecule has 1 N–H and O–H groups in total. The summed E-state index contributed by atoms with van der Waals surface area (Å²) >= 11 is 0. The van der Waals surface area contributed by atoms with Gasteiger partial charge in [-0.25, -0.2) is 13.6 Å². The van der Waals surface area contributed by atoms with Gasteiger partial charge in [0.25, 0.3) is 0 Å². The van der Waals surface area contributed by atoms with Gasteiger partial charge in [0.15, 0.2) is 11.6 Å². The number of aromatic amines is 1. The van der Waals surface area contributed by atoms with Crippen molar-refractivity contribution in [1.82, 2.24) is 4.98 Å². The van der Waals surface area contributed by atoms with Crippen LogP contribution in [0.3, 0.4) is 0 Å². The normalized spacial score (nSPS) is 10.6. The minimum Gasteiger partial charge on any atom is -0.464 e. The predicted molar refractivity (Wildman–Crippen MR) is 49.6 cm³/mol. The van der Waals surface area contributed by atoms with E-state index >= 15 is 0 Å². The minimum absolute atomic E-state index is 0.164. The number of halogens is 2. The van der Waals surface area contributed by atoms with Gasteiger partial charge in [0.05, 0.1) is 7.11 Å². The third-order valence-corrected chi connectivity index (χ3v) is 2.07. The zero-order chi connectivity index (χ0) is 11.0. The number of H-pyrrole nitrogens is 1. The summed E-state index contributed by atoms with van der Waals surface area (Å²) in [5, 5.41) is 0.425. The first-order valence-electron chi connectivity index (χ1n) is 4.18. The predicted octanol–water partition coefficient (Wildman–Crippen LogP) is 2.23. The van der Waals surface area contributed by atoms with Gasteiger partial charge in [-0.3, -0.25) is 0 Å². The summed E-state index contributed by atoms with van der Waals surface area (Å²) in [4.78, 5) is 13.7. The third kappa shape index (κ3) is 1.56. The molecule has 1 aromatic carbocycles. The summed E-state index contributed by atoms with van der Waals surface area (Å²) in [6.45, 7) is 0. The molecule has 0 aliphatic heterocycles. The van der Waals surface area contributed by atoms with Gasteiger partial charge in [-0.15, -0.1) is 0 Å². The first-order valence-corrected chi connectivity index (χ1v) is 4.18. The van der Waals surface area contributed by atoms with Gasteiger partial charge in [-0.05, 0) is 12.1 Å². The Morgan fingerprint density at radius 1 is 1.27 bits per heavy atom. The summed E-state index contributed by atoms with van der Waals surface area (Å²) in [7, 11) is 1.23. The molecular weight excluding hydrogens is 204 g/mol. The van der Waals surface area contributed by atoms with E-state index in [1.165, 1.54) is 13.2 Å². The van der Waals surface area contributed by atoms with Crippen LogP contribution in [0.25, 0.3) is 10.9 Å². The van der Waals surface area contributed by atoms with Crippen molar-refractivity contribution in [3.8, 4) is 0 Å². The first kappa shape index (κ1) is 9.64. The zero-order valence-electron chi connectivity index (χ0n) is 7.80. The van der Waals surface area contributed by atoms with Crippen LogP contribution in [0.5, 0.6) is 0 Å². The summed E-state index contributed by atoms with van der Waals surface area (Å²) in [5.74, 6) is -2.48. The van der Waals surface area contributed by atoms with Gasteiger partial charge in [-0.2, -0.15) is 0 Å². The van der Waals surface area contributed by atoms with Crippen LogP contribution in [0, 0.1) is 11.6 Å². The van der Waals surface area contributed by atoms with E-state index in [-0.39, 0.29) is 5.69 Å². The Balaban J connectivity index is 2.61. The number of ether oxygens (including phenoxy) is 1. The number of rotatable bonds is 1. The second-order valence-electron chi connectivity index (χ2n) is 3.03. The number of fused-ring (bicyclic) bond motifs is 1. The molecule has 78 valence electrons. The number of carbonyl (C=O) groups is 1. The number of benzene rings is 1. The highest BCUT2D eigenvalue weighted by Gasteiger charge is 2.11. The molecule has 2 rings (SSSR count). The molecular formula is C10H7F2NO2. The number of aromatic nitrogens is 1. The molecule has 0 saturated carbocycles. The minimum atomic E-state index is -0.958. The molecule has 1 heterocycles. The monoisotopic (exact) mass is 211 g/mol. The Morgan fingerprint density at radius 2 is 1.93 bits per heavy atom.